The fourth-order valence-corrected chi connectivity index (χ4v) is 4.03. The fourth-order valence-electron chi connectivity index (χ4n) is 3.06. The van der Waals surface area contributed by atoms with E-state index in [0.29, 0.717) is 5.56 Å². The van der Waals surface area contributed by atoms with Crippen molar-refractivity contribution < 1.29 is 4.79 Å². The standard InChI is InChI=1S/C21H16N2OS/c1-2-12-23-20(22-18-11-7-6-10-17(18)21(23)24)19-13-16(14-25-19)15-8-4-3-5-9-15/h1,3-11,13-14,20,22H,12H2. The van der Waals surface area contributed by atoms with E-state index in [1.807, 2.05) is 42.5 Å². The summed E-state index contributed by atoms with van der Waals surface area (Å²) in [5.41, 5.74) is 3.82. The summed E-state index contributed by atoms with van der Waals surface area (Å²) in [4.78, 5) is 15.6. The number of nitrogens with zero attached hydrogens (tertiary/aromatic N) is 1. The number of amides is 1. The van der Waals surface area contributed by atoms with Crippen LogP contribution in [0.1, 0.15) is 21.4 Å². The maximum atomic E-state index is 12.9. The molecule has 0 aliphatic carbocycles. The number of thiophene rings is 1. The molecule has 0 saturated carbocycles. The van der Waals surface area contributed by atoms with Crippen LogP contribution >= 0.6 is 11.3 Å². The third kappa shape index (κ3) is 2.79. The Bertz CT molecular complexity index is 955. The van der Waals surface area contributed by atoms with Crippen LogP contribution in [-0.4, -0.2) is 17.4 Å². The number of fused-ring (bicyclic) bond motifs is 1. The molecule has 1 unspecified atom stereocenters. The van der Waals surface area contributed by atoms with E-state index in [-0.39, 0.29) is 18.6 Å². The molecular weight excluding hydrogens is 328 g/mol. The normalized spacial score (nSPS) is 16.0. The predicted octanol–water partition coefficient (Wildman–Crippen LogP) is 4.61. The topological polar surface area (TPSA) is 32.3 Å². The maximum absolute atomic E-state index is 12.9. The van der Waals surface area contributed by atoms with Gasteiger partial charge in [0.2, 0.25) is 0 Å². The van der Waals surface area contributed by atoms with Gasteiger partial charge in [0.25, 0.3) is 5.91 Å². The lowest BCUT2D eigenvalue weighted by atomic mass is 10.1. The maximum Gasteiger partial charge on any atom is 0.258 e. The van der Waals surface area contributed by atoms with E-state index < -0.39 is 0 Å². The molecule has 0 radical (unpaired) electrons. The molecule has 1 aromatic heterocycles. The van der Waals surface area contributed by atoms with Crippen LogP contribution in [0.3, 0.4) is 0 Å². The van der Waals surface area contributed by atoms with E-state index in [1.165, 1.54) is 0 Å². The van der Waals surface area contributed by atoms with Crippen LogP contribution in [0.15, 0.2) is 66.0 Å². The van der Waals surface area contributed by atoms with Gasteiger partial charge in [-0.1, -0.05) is 48.4 Å². The molecule has 0 saturated heterocycles. The monoisotopic (exact) mass is 344 g/mol. The highest BCUT2D eigenvalue weighted by atomic mass is 32.1. The first-order valence-corrected chi connectivity index (χ1v) is 8.90. The number of anilines is 1. The van der Waals surface area contributed by atoms with Gasteiger partial charge in [-0.05, 0) is 34.7 Å². The van der Waals surface area contributed by atoms with Crippen LogP contribution in [0, 0.1) is 12.3 Å². The van der Waals surface area contributed by atoms with Gasteiger partial charge in [0, 0.05) is 10.6 Å². The van der Waals surface area contributed by atoms with Crippen molar-refractivity contribution in [2.45, 2.75) is 6.17 Å². The number of rotatable bonds is 3. The number of carbonyl (C=O) groups is 1. The predicted molar refractivity (Wildman–Crippen MR) is 102 cm³/mol. The van der Waals surface area contributed by atoms with Gasteiger partial charge in [-0.2, -0.15) is 0 Å². The molecule has 0 spiro atoms. The summed E-state index contributed by atoms with van der Waals surface area (Å²) in [6.07, 6.45) is 5.26. The zero-order chi connectivity index (χ0) is 17.2. The molecule has 4 rings (SSSR count). The Morgan fingerprint density at radius 2 is 1.84 bits per heavy atom. The average molecular weight is 344 g/mol. The number of carbonyl (C=O) groups excluding carboxylic acids is 1. The van der Waals surface area contributed by atoms with Crippen molar-refractivity contribution in [3.8, 4) is 23.5 Å². The number of terminal acetylenes is 1. The lowest BCUT2D eigenvalue weighted by Gasteiger charge is -2.36. The molecule has 3 nitrogen and oxygen atoms in total. The summed E-state index contributed by atoms with van der Waals surface area (Å²) < 4.78 is 0. The third-order valence-corrected chi connectivity index (χ3v) is 5.27. The largest absolute Gasteiger partial charge is 0.360 e. The van der Waals surface area contributed by atoms with Gasteiger partial charge in [0.05, 0.1) is 12.1 Å². The molecule has 1 aliphatic rings. The van der Waals surface area contributed by atoms with Crippen molar-refractivity contribution >= 4 is 22.9 Å². The average Bonchev–Trinajstić information content (AvgIpc) is 3.15. The highest BCUT2D eigenvalue weighted by Gasteiger charge is 2.33. The summed E-state index contributed by atoms with van der Waals surface area (Å²) in [5, 5.41) is 5.58. The van der Waals surface area contributed by atoms with Crippen molar-refractivity contribution in [2.75, 3.05) is 11.9 Å². The second-order valence-electron chi connectivity index (χ2n) is 5.83. The van der Waals surface area contributed by atoms with Crippen LogP contribution in [0.25, 0.3) is 11.1 Å². The van der Waals surface area contributed by atoms with Gasteiger partial charge in [0.1, 0.15) is 6.17 Å². The molecule has 2 heterocycles. The Kier molecular flexibility index (Phi) is 4.01. The molecule has 3 aromatic rings. The summed E-state index contributed by atoms with van der Waals surface area (Å²) in [6.45, 7) is 0.267. The van der Waals surface area contributed by atoms with E-state index >= 15 is 0 Å². The van der Waals surface area contributed by atoms with Crippen molar-refractivity contribution in [1.29, 1.82) is 0 Å². The number of para-hydroxylation sites is 1. The Morgan fingerprint density at radius 1 is 1.08 bits per heavy atom. The molecular formula is C21H16N2OS. The lowest BCUT2D eigenvalue weighted by molar-refractivity contribution is 0.0714. The zero-order valence-electron chi connectivity index (χ0n) is 13.5. The van der Waals surface area contributed by atoms with Gasteiger partial charge in [-0.25, -0.2) is 0 Å². The van der Waals surface area contributed by atoms with Crippen molar-refractivity contribution in [3.05, 3.63) is 76.5 Å². The van der Waals surface area contributed by atoms with Crippen LogP contribution < -0.4 is 5.32 Å². The minimum absolute atomic E-state index is 0.0352. The quantitative estimate of drug-likeness (QED) is 0.704. The molecule has 0 bridgehead atoms. The summed E-state index contributed by atoms with van der Waals surface area (Å²) in [6, 6.07) is 19.9. The highest BCUT2D eigenvalue weighted by molar-refractivity contribution is 7.10. The third-order valence-electron chi connectivity index (χ3n) is 4.28. The second kappa shape index (κ2) is 6.46. The molecule has 0 fully saturated rings. The Labute approximate surface area is 150 Å². The highest BCUT2D eigenvalue weighted by Crippen LogP contribution is 2.37. The molecule has 1 N–H and O–H groups in total. The van der Waals surface area contributed by atoms with Crippen molar-refractivity contribution in [3.63, 3.8) is 0 Å². The first-order valence-electron chi connectivity index (χ1n) is 8.02. The van der Waals surface area contributed by atoms with Gasteiger partial charge in [-0.3, -0.25) is 4.79 Å². The molecule has 25 heavy (non-hydrogen) atoms. The van der Waals surface area contributed by atoms with Crippen molar-refractivity contribution in [1.82, 2.24) is 4.90 Å². The van der Waals surface area contributed by atoms with Crippen LogP contribution in [-0.2, 0) is 0 Å². The Balaban J connectivity index is 1.73. The zero-order valence-corrected chi connectivity index (χ0v) is 14.3. The molecule has 1 amide bonds. The molecule has 2 aromatic carbocycles. The Hall–Kier alpha value is -3.03. The van der Waals surface area contributed by atoms with Crippen molar-refractivity contribution in [2.24, 2.45) is 0 Å². The van der Waals surface area contributed by atoms with Gasteiger partial charge < -0.3 is 10.2 Å². The fraction of sp³-hybridized carbons (Fsp3) is 0.0952. The first kappa shape index (κ1) is 15.5. The van der Waals surface area contributed by atoms with Gasteiger partial charge in [-0.15, -0.1) is 17.8 Å². The number of hydrogen-bond acceptors (Lipinski definition) is 3. The summed E-state index contributed by atoms with van der Waals surface area (Å²) >= 11 is 1.63. The van der Waals surface area contributed by atoms with Crippen LogP contribution in [0.4, 0.5) is 5.69 Å². The van der Waals surface area contributed by atoms with Gasteiger partial charge in [0.15, 0.2) is 0 Å². The minimum atomic E-state index is -0.249. The Morgan fingerprint density at radius 3 is 2.64 bits per heavy atom. The molecule has 122 valence electrons. The molecule has 1 atom stereocenters. The number of nitrogens with one attached hydrogen (secondary N) is 1. The van der Waals surface area contributed by atoms with E-state index in [4.69, 9.17) is 6.42 Å². The summed E-state index contributed by atoms with van der Waals surface area (Å²) in [7, 11) is 0. The van der Waals surface area contributed by atoms with Gasteiger partial charge >= 0.3 is 0 Å². The first-order chi connectivity index (χ1) is 12.3. The van der Waals surface area contributed by atoms with E-state index in [0.717, 1.165) is 21.7 Å². The van der Waals surface area contributed by atoms with Crippen LogP contribution in [0.5, 0.6) is 0 Å². The van der Waals surface area contributed by atoms with E-state index in [2.05, 4.69) is 34.8 Å². The minimum Gasteiger partial charge on any atom is -0.360 e. The smallest absolute Gasteiger partial charge is 0.258 e. The second-order valence-corrected chi connectivity index (χ2v) is 6.78. The molecule has 4 heteroatoms. The van der Waals surface area contributed by atoms with E-state index in [1.54, 1.807) is 16.2 Å². The number of hydrogen-bond donors (Lipinski definition) is 1. The SMILES string of the molecule is C#CCN1C(=O)c2ccccc2NC1c1cc(-c2ccccc2)cs1. The lowest BCUT2D eigenvalue weighted by Crippen LogP contribution is -2.42. The molecule has 1 aliphatic heterocycles. The number of benzene rings is 2. The van der Waals surface area contributed by atoms with E-state index in [9.17, 15) is 4.79 Å². The summed E-state index contributed by atoms with van der Waals surface area (Å²) in [5.74, 6) is 2.57. The van der Waals surface area contributed by atoms with Crippen LogP contribution in [0.2, 0.25) is 0 Å².